The molecule has 1 aliphatic rings. The van der Waals surface area contributed by atoms with E-state index >= 15 is 0 Å². The van der Waals surface area contributed by atoms with Crippen LogP contribution in [-0.2, 0) is 4.79 Å². The van der Waals surface area contributed by atoms with Crippen molar-refractivity contribution in [2.75, 3.05) is 36.9 Å². The maximum Gasteiger partial charge on any atom is 0.253 e. The predicted octanol–water partition coefficient (Wildman–Crippen LogP) is 4.15. The van der Waals surface area contributed by atoms with Gasteiger partial charge in [-0.2, -0.15) is 0 Å². The van der Waals surface area contributed by atoms with Crippen LogP contribution in [0.15, 0.2) is 48.5 Å². The average molecular weight is 396 g/mol. The monoisotopic (exact) mass is 395 g/mol. The SMILES string of the molecule is CCOc1ccc(NCC(=O)Nc2cccc(C(=O)N3CCCCCC3)c2)cc1. The van der Waals surface area contributed by atoms with Gasteiger partial charge in [0.15, 0.2) is 0 Å². The van der Waals surface area contributed by atoms with Gasteiger partial charge in [-0.3, -0.25) is 9.59 Å². The number of amides is 2. The van der Waals surface area contributed by atoms with Crippen LogP contribution in [-0.4, -0.2) is 43.0 Å². The Morgan fingerprint density at radius 3 is 2.38 bits per heavy atom. The third-order valence-corrected chi connectivity index (χ3v) is 4.90. The highest BCUT2D eigenvalue weighted by molar-refractivity contribution is 5.98. The first-order valence-electron chi connectivity index (χ1n) is 10.3. The molecule has 1 heterocycles. The van der Waals surface area contributed by atoms with Crippen molar-refractivity contribution in [2.45, 2.75) is 32.6 Å². The molecule has 0 atom stereocenters. The van der Waals surface area contributed by atoms with Crippen LogP contribution < -0.4 is 15.4 Å². The molecule has 2 aromatic carbocycles. The van der Waals surface area contributed by atoms with Crippen LogP contribution in [0.1, 0.15) is 43.0 Å². The van der Waals surface area contributed by atoms with Gasteiger partial charge in [0, 0.05) is 30.0 Å². The summed E-state index contributed by atoms with van der Waals surface area (Å²) in [5, 5.41) is 5.94. The molecule has 154 valence electrons. The minimum Gasteiger partial charge on any atom is -0.494 e. The molecule has 1 saturated heterocycles. The van der Waals surface area contributed by atoms with Gasteiger partial charge < -0.3 is 20.3 Å². The normalized spacial score (nSPS) is 14.0. The number of carbonyl (C=O) groups is 2. The summed E-state index contributed by atoms with van der Waals surface area (Å²) < 4.78 is 5.41. The number of nitrogens with zero attached hydrogens (tertiary/aromatic N) is 1. The third-order valence-electron chi connectivity index (χ3n) is 4.90. The molecular formula is C23H29N3O3. The second kappa shape index (κ2) is 10.5. The van der Waals surface area contributed by atoms with Crippen LogP contribution in [0.4, 0.5) is 11.4 Å². The molecule has 0 aromatic heterocycles. The topological polar surface area (TPSA) is 70.7 Å². The Hall–Kier alpha value is -3.02. The molecule has 0 unspecified atom stereocenters. The van der Waals surface area contributed by atoms with E-state index in [1.165, 1.54) is 12.8 Å². The fourth-order valence-electron chi connectivity index (χ4n) is 3.41. The smallest absolute Gasteiger partial charge is 0.253 e. The lowest BCUT2D eigenvalue weighted by atomic mass is 10.1. The van der Waals surface area contributed by atoms with Crippen molar-refractivity contribution in [2.24, 2.45) is 0 Å². The minimum atomic E-state index is -0.168. The van der Waals surface area contributed by atoms with Crippen molar-refractivity contribution in [3.05, 3.63) is 54.1 Å². The van der Waals surface area contributed by atoms with Gasteiger partial charge in [-0.05, 0) is 62.2 Å². The highest BCUT2D eigenvalue weighted by atomic mass is 16.5. The first kappa shape index (κ1) is 20.7. The molecular weight excluding hydrogens is 366 g/mol. The molecule has 0 aliphatic carbocycles. The zero-order chi connectivity index (χ0) is 20.5. The molecule has 29 heavy (non-hydrogen) atoms. The summed E-state index contributed by atoms with van der Waals surface area (Å²) in [6.45, 7) is 4.31. The van der Waals surface area contributed by atoms with E-state index < -0.39 is 0 Å². The molecule has 6 heteroatoms. The van der Waals surface area contributed by atoms with E-state index in [-0.39, 0.29) is 18.4 Å². The zero-order valence-electron chi connectivity index (χ0n) is 16.9. The van der Waals surface area contributed by atoms with Crippen LogP contribution in [0.25, 0.3) is 0 Å². The number of hydrogen-bond acceptors (Lipinski definition) is 4. The lowest BCUT2D eigenvalue weighted by Gasteiger charge is -2.20. The molecule has 3 rings (SSSR count). The van der Waals surface area contributed by atoms with E-state index in [0.717, 1.165) is 37.4 Å². The highest BCUT2D eigenvalue weighted by Crippen LogP contribution is 2.17. The van der Waals surface area contributed by atoms with Crippen molar-refractivity contribution in [1.82, 2.24) is 4.90 Å². The molecule has 2 N–H and O–H groups in total. The number of rotatable bonds is 7. The van der Waals surface area contributed by atoms with Crippen LogP contribution in [0.5, 0.6) is 5.75 Å². The molecule has 0 bridgehead atoms. The molecule has 6 nitrogen and oxygen atoms in total. The van der Waals surface area contributed by atoms with E-state index in [2.05, 4.69) is 10.6 Å². The summed E-state index contributed by atoms with van der Waals surface area (Å²) in [4.78, 5) is 27.0. The van der Waals surface area contributed by atoms with E-state index in [0.29, 0.717) is 17.9 Å². The number of benzene rings is 2. The van der Waals surface area contributed by atoms with Crippen molar-refractivity contribution in [3.8, 4) is 5.75 Å². The average Bonchev–Trinajstić information content (AvgIpc) is 3.03. The van der Waals surface area contributed by atoms with Gasteiger partial charge in [0.25, 0.3) is 5.91 Å². The van der Waals surface area contributed by atoms with E-state index in [1.54, 1.807) is 24.3 Å². The molecule has 2 aromatic rings. The summed E-state index contributed by atoms with van der Waals surface area (Å²) in [5.41, 5.74) is 2.09. The predicted molar refractivity (Wildman–Crippen MR) is 116 cm³/mol. The molecule has 0 spiro atoms. The Bertz CT molecular complexity index is 812. The van der Waals surface area contributed by atoms with Crippen LogP contribution >= 0.6 is 0 Å². The highest BCUT2D eigenvalue weighted by Gasteiger charge is 2.17. The minimum absolute atomic E-state index is 0.0375. The van der Waals surface area contributed by atoms with Crippen molar-refractivity contribution in [3.63, 3.8) is 0 Å². The Labute approximate surface area is 172 Å². The quantitative estimate of drug-likeness (QED) is 0.739. The number of hydrogen-bond donors (Lipinski definition) is 2. The van der Waals surface area contributed by atoms with Crippen LogP contribution in [0, 0.1) is 0 Å². The molecule has 1 aliphatic heterocycles. The van der Waals surface area contributed by atoms with Gasteiger partial charge >= 0.3 is 0 Å². The summed E-state index contributed by atoms with van der Waals surface area (Å²) >= 11 is 0. The zero-order valence-corrected chi connectivity index (χ0v) is 16.9. The van der Waals surface area contributed by atoms with Gasteiger partial charge in [0.05, 0.1) is 13.2 Å². The summed E-state index contributed by atoms with van der Waals surface area (Å²) in [6, 6.07) is 14.6. The van der Waals surface area contributed by atoms with Gasteiger partial charge in [-0.25, -0.2) is 0 Å². The lowest BCUT2D eigenvalue weighted by molar-refractivity contribution is -0.114. The largest absolute Gasteiger partial charge is 0.494 e. The third kappa shape index (κ3) is 6.24. The Morgan fingerprint density at radius 2 is 1.69 bits per heavy atom. The van der Waals surface area contributed by atoms with Gasteiger partial charge in [0.1, 0.15) is 5.75 Å². The van der Waals surface area contributed by atoms with Crippen molar-refractivity contribution < 1.29 is 14.3 Å². The fraction of sp³-hybridized carbons (Fsp3) is 0.391. The van der Waals surface area contributed by atoms with E-state index in [9.17, 15) is 9.59 Å². The van der Waals surface area contributed by atoms with Gasteiger partial charge in [-0.1, -0.05) is 18.9 Å². The summed E-state index contributed by atoms with van der Waals surface area (Å²) in [6.07, 6.45) is 4.47. The number of carbonyl (C=O) groups excluding carboxylic acids is 2. The summed E-state index contributed by atoms with van der Waals surface area (Å²) in [7, 11) is 0. The van der Waals surface area contributed by atoms with E-state index in [4.69, 9.17) is 4.74 Å². The first-order valence-corrected chi connectivity index (χ1v) is 10.3. The Balaban J connectivity index is 1.53. The maximum absolute atomic E-state index is 12.8. The first-order chi connectivity index (χ1) is 14.2. The number of ether oxygens (including phenoxy) is 1. The van der Waals surface area contributed by atoms with Gasteiger partial charge in [-0.15, -0.1) is 0 Å². The Morgan fingerprint density at radius 1 is 0.966 bits per heavy atom. The van der Waals surface area contributed by atoms with Gasteiger partial charge in [0.2, 0.25) is 5.91 Å². The number of nitrogens with one attached hydrogen (secondary N) is 2. The second-order valence-electron chi connectivity index (χ2n) is 7.15. The molecule has 1 fully saturated rings. The van der Waals surface area contributed by atoms with Crippen LogP contribution in [0.2, 0.25) is 0 Å². The van der Waals surface area contributed by atoms with E-state index in [1.807, 2.05) is 36.1 Å². The van der Waals surface area contributed by atoms with Crippen LogP contribution in [0.3, 0.4) is 0 Å². The number of anilines is 2. The second-order valence-corrected chi connectivity index (χ2v) is 7.15. The standard InChI is InChI=1S/C23H29N3O3/c1-2-29-21-12-10-19(11-13-21)24-17-22(27)25-20-9-7-8-18(16-20)23(28)26-14-5-3-4-6-15-26/h7-13,16,24H,2-6,14-15,17H2,1H3,(H,25,27). The Kier molecular flexibility index (Phi) is 7.50. The maximum atomic E-state index is 12.8. The molecule has 2 amide bonds. The lowest BCUT2D eigenvalue weighted by Crippen LogP contribution is -2.31. The summed E-state index contributed by atoms with van der Waals surface area (Å²) in [5.74, 6) is 0.669. The molecule has 0 saturated carbocycles. The fourth-order valence-corrected chi connectivity index (χ4v) is 3.41. The number of likely N-dealkylation sites (tertiary alicyclic amines) is 1. The van der Waals surface area contributed by atoms with Crippen molar-refractivity contribution >= 4 is 23.2 Å². The van der Waals surface area contributed by atoms with Crippen molar-refractivity contribution in [1.29, 1.82) is 0 Å². The molecule has 0 radical (unpaired) electrons.